The molecule has 8 heteroatoms. The molecule has 1 aromatic carbocycles. The van der Waals surface area contributed by atoms with Gasteiger partial charge in [-0.1, -0.05) is 39.0 Å². The Morgan fingerprint density at radius 2 is 1.86 bits per heavy atom. The maximum Gasteiger partial charge on any atom is 0.419 e. The van der Waals surface area contributed by atoms with Crippen LogP contribution in [0.3, 0.4) is 0 Å². The number of nitrogens with zero attached hydrogens (tertiary/aromatic N) is 1. The van der Waals surface area contributed by atoms with E-state index in [4.69, 9.17) is 15.6 Å². The second kappa shape index (κ2) is 10.5. The summed E-state index contributed by atoms with van der Waals surface area (Å²) in [6.45, 7) is 2.10. The van der Waals surface area contributed by atoms with Gasteiger partial charge in [0.05, 0.1) is 36.2 Å². The van der Waals surface area contributed by atoms with E-state index in [1.165, 1.54) is 24.6 Å². The van der Waals surface area contributed by atoms with E-state index >= 15 is 0 Å². The second-order valence-corrected chi connectivity index (χ2v) is 6.82. The molecule has 2 aromatic rings. The highest BCUT2D eigenvalue weighted by Gasteiger charge is 2.35. The van der Waals surface area contributed by atoms with Crippen molar-refractivity contribution < 1.29 is 23.0 Å². The number of unbranched alkanes of at least 4 members (excludes halogenated alkanes) is 5. The van der Waals surface area contributed by atoms with E-state index in [9.17, 15) is 13.2 Å². The second-order valence-electron chi connectivity index (χ2n) is 6.82. The van der Waals surface area contributed by atoms with Gasteiger partial charge < -0.3 is 15.6 Å². The number of halogens is 3. The normalized spacial score (nSPS) is 12.9. The predicted octanol–water partition coefficient (Wildman–Crippen LogP) is 4.83. The van der Waals surface area contributed by atoms with Gasteiger partial charge in [0.25, 0.3) is 0 Å². The fraction of sp³-hybridized carbons (Fsp3) is 0.550. The van der Waals surface area contributed by atoms with Crippen molar-refractivity contribution in [2.45, 2.75) is 57.7 Å². The Labute approximate surface area is 163 Å². The Balaban J connectivity index is 2.08. The molecule has 0 aliphatic rings. The molecular formula is C20H28F3N3O2. The molecular weight excluding hydrogens is 371 g/mol. The third-order valence-corrected chi connectivity index (χ3v) is 4.53. The minimum absolute atomic E-state index is 0.173. The lowest BCUT2D eigenvalue weighted by molar-refractivity contribution is -0.138. The van der Waals surface area contributed by atoms with Crippen LogP contribution in [0, 0.1) is 0 Å². The smallest absolute Gasteiger partial charge is 0.419 e. The Bertz CT molecular complexity index is 732. The summed E-state index contributed by atoms with van der Waals surface area (Å²) < 4.78 is 45.9. The molecule has 0 radical (unpaired) electrons. The number of nitrogens with two attached hydrogens (primary N) is 1. The fourth-order valence-corrected chi connectivity index (χ4v) is 2.87. The Kier molecular flexibility index (Phi) is 8.32. The number of aliphatic hydroxyl groups is 1. The van der Waals surface area contributed by atoms with Gasteiger partial charge in [-0.15, -0.1) is 0 Å². The molecule has 0 aliphatic carbocycles. The van der Waals surface area contributed by atoms with Gasteiger partial charge in [0, 0.05) is 5.56 Å². The molecule has 0 saturated heterocycles. The SMILES string of the molecule is CCCCCCCCOc1ccc(-c2cc(C(N)CO)[nH]n2)cc1C(F)(F)F. The molecule has 1 aromatic heterocycles. The maximum absolute atomic E-state index is 13.5. The lowest BCUT2D eigenvalue weighted by Gasteiger charge is -2.15. The van der Waals surface area contributed by atoms with Crippen molar-refractivity contribution in [3.8, 4) is 17.0 Å². The number of aromatic amines is 1. The van der Waals surface area contributed by atoms with Crippen LogP contribution in [0.25, 0.3) is 11.3 Å². The lowest BCUT2D eigenvalue weighted by Crippen LogP contribution is -2.14. The van der Waals surface area contributed by atoms with E-state index in [0.717, 1.165) is 38.2 Å². The first-order chi connectivity index (χ1) is 13.4. The number of nitrogens with one attached hydrogen (secondary N) is 1. The number of H-pyrrole nitrogens is 1. The first-order valence-corrected chi connectivity index (χ1v) is 9.63. The van der Waals surface area contributed by atoms with Crippen LogP contribution in [0.1, 0.15) is 62.7 Å². The van der Waals surface area contributed by atoms with Crippen molar-refractivity contribution in [1.29, 1.82) is 0 Å². The number of benzene rings is 1. The minimum Gasteiger partial charge on any atom is -0.493 e. The van der Waals surface area contributed by atoms with Gasteiger partial charge >= 0.3 is 6.18 Å². The van der Waals surface area contributed by atoms with Gasteiger partial charge in [-0.2, -0.15) is 18.3 Å². The number of hydrogen-bond acceptors (Lipinski definition) is 4. The molecule has 28 heavy (non-hydrogen) atoms. The predicted molar refractivity (Wildman–Crippen MR) is 102 cm³/mol. The Morgan fingerprint density at radius 1 is 1.14 bits per heavy atom. The quantitative estimate of drug-likeness (QED) is 0.473. The Morgan fingerprint density at radius 3 is 2.54 bits per heavy atom. The van der Waals surface area contributed by atoms with Crippen LogP contribution in [0.2, 0.25) is 0 Å². The number of hydrogen-bond donors (Lipinski definition) is 3. The van der Waals surface area contributed by atoms with Crippen LogP contribution >= 0.6 is 0 Å². The van der Waals surface area contributed by atoms with Crippen LogP contribution in [-0.2, 0) is 6.18 Å². The summed E-state index contributed by atoms with van der Waals surface area (Å²) in [6.07, 6.45) is 1.68. The molecule has 1 heterocycles. The molecule has 2 rings (SSSR count). The summed E-state index contributed by atoms with van der Waals surface area (Å²) in [5, 5.41) is 15.7. The molecule has 1 unspecified atom stereocenters. The third kappa shape index (κ3) is 6.24. The van der Waals surface area contributed by atoms with E-state index in [1.807, 2.05) is 0 Å². The van der Waals surface area contributed by atoms with Gasteiger partial charge in [-0.3, -0.25) is 5.10 Å². The zero-order chi connectivity index (χ0) is 20.6. The van der Waals surface area contributed by atoms with Gasteiger partial charge in [0.1, 0.15) is 5.75 Å². The van der Waals surface area contributed by atoms with E-state index in [0.29, 0.717) is 17.0 Å². The Hall–Kier alpha value is -2.06. The highest BCUT2D eigenvalue weighted by Crippen LogP contribution is 2.38. The first-order valence-electron chi connectivity index (χ1n) is 9.63. The van der Waals surface area contributed by atoms with Gasteiger partial charge in [0.2, 0.25) is 0 Å². The molecule has 0 spiro atoms. The van der Waals surface area contributed by atoms with E-state index in [1.54, 1.807) is 0 Å². The summed E-state index contributed by atoms with van der Waals surface area (Å²) in [6, 6.07) is 4.77. The summed E-state index contributed by atoms with van der Waals surface area (Å²) >= 11 is 0. The number of rotatable bonds is 11. The first kappa shape index (κ1) is 22.2. The minimum atomic E-state index is -4.53. The summed E-state index contributed by atoms with van der Waals surface area (Å²) in [4.78, 5) is 0. The summed E-state index contributed by atoms with van der Waals surface area (Å²) in [5.74, 6) is -0.173. The molecule has 0 saturated carbocycles. The molecule has 0 amide bonds. The van der Waals surface area contributed by atoms with Crippen molar-refractivity contribution in [3.63, 3.8) is 0 Å². The van der Waals surface area contributed by atoms with Crippen molar-refractivity contribution in [2.24, 2.45) is 5.73 Å². The standard InChI is InChI=1S/C20H28F3N3O2/c1-2-3-4-5-6-7-10-28-19-9-8-14(11-15(19)20(21,22)23)17-12-18(26-25-17)16(24)13-27/h8-9,11-12,16,27H,2-7,10,13,24H2,1H3,(H,25,26). The number of alkyl halides is 3. The molecule has 5 nitrogen and oxygen atoms in total. The monoisotopic (exact) mass is 399 g/mol. The molecule has 0 aliphatic heterocycles. The number of ether oxygens (including phenoxy) is 1. The van der Waals surface area contributed by atoms with Crippen LogP contribution in [-0.4, -0.2) is 28.5 Å². The molecule has 0 bridgehead atoms. The topological polar surface area (TPSA) is 84.2 Å². The van der Waals surface area contributed by atoms with Crippen LogP contribution in [0.15, 0.2) is 24.3 Å². The van der Waals surface area contributed by atoms with E-state index in [2.05, 4.69) is 17.1 Å². The fourth-order valence-electron chi connectivity index (χ4n) is 2.87. The van der Waals surface area contributed by atoms with Crippen molar-refractivity contribution >= 4 is 0 Å². The van der Waals surface area contributed by atoms with Crippen molar-refractivity contribution in [2.75, 3.05) is 13.2 Å². The van der Waals surface area contributed by atoms with E-state index in [-0.39, 0.29) is 19.0 Å². The molecule has 156 valence electrons. The van der Waals surface area contributed by atoms with Gasteiger partial charge in [-0.25, -0.2) is 0 Å². The summed E-state index contributed by atoms with van der Waals surface area (Å²) in [5.41, 5.74) is 5.94. The number of aromatic nitrogens is 2. The zero-order valence-electron chi connectivity index (χ0n) is 16.1. The largest absolute Gasteiger partial charge is 0.493 e. The highest BCUT2D eigenvalue weighted by atomic mass is 19.4. The molecule has 4 N–H and O–H groups in total. The average Bonchev–Trinajstić information content (AvgIpc) is 3.16. The van der Waals surface area contributed by atoms with Crippen molar-refractivity contribution in [3.05, 3.63) is 35.5 Å². The maximum atomic E-state index is 13.5. The zero-order valence-corrected chi connectivity index (χ0v) is 16.1. The van der Waals surface area contributed by atoms with Gasteiger partial charge in [-0.05, 0) is 30.7 Å². The average molecular weight is 399 g/mol. The van der Waals surface area contributed by atoms with E-state index < -0.39 is 17.8 Å². The molecule has 1 atom stereocenters. The lowest BCUT2D eigenvalue weighted by atomic mass is 10.1. The molecule has 0 fully saturated rings. The van der Waals surface area contributed by atoms with Crippen LogP contribution < -0.4 is 10.5 Å². The van der Waals surface area contributed by atoms with Crippen LogP contribution in [0.4, 0.5) is 13.2 Å². The number of aliphatic hydroxyl groups excluding tert-OH is 1. The highest BCUT2D eigenvalue weighted by molar-refractivity contribution is 5.63. The van der Waals surface area contributed by atoms with Gasteiger partial charge in [0.15, 0.2) is 0 Å². The third-order valence-electron chi connectivity index (χ3n) is 4.53. The van der Waals surface area contributed by atoms with Crippen LogP contribution in [0.5, 0.6) is 5.75 Å². The summed E-state index contributed by atoms with van der Waals surface area (Å²) in [7, 11) is 0. The van der Waals surface area contributed by atoms with Crippen molar-refractivity contribution in [1.82, 2.24) is 10.2 Å².